The molecule has 0 aliphatic rings. The molecule has 0 aromatic heterocycles. The zero-order valence-corrected chi connectivity index (χ0v) is 13.8. The van der Waals surface area contributed by atoms with Gasteiger partial charge in [0.05, 0.1) is 0 Å². The summed E-state index contributed by atoms with van der Waals surface area (Å²) in [5.41, 5.74) is 7.47. The molecule has 0 saturated heterocycles. The van der Waals surface area contributed by atoms with Crippen molar-refractivity contribution in [2.24, 2.45) is 0 Å². The van der Waals surface area contributed by atoms with Gasteiger partial charge in [-0.25, -0.2) is 0 Å². The SMILES string of the molecule is C=C(C/C=C(\C=C(C)C)c1cccc(C)c1)c1ccccc1. The Morgan fingerprint density at radius 1 is 0.955 bits per heavy atom. The van der Waals surface area contributed by atoms with Crippen molar-refractivity contribution >= 4 is 11.1 Å². The molecule has 0 saturated carbocycles. The van der Waals surface area contributed by atoms with Gasteiger partial charge in [-0.05, 0) is 49.5 Å². The molecule has 0 radical (unpaired) electrons. The van der Waals surface area contributed by atoms with E-state index in [-0.39, 0.29) is 0 Å². The van der Waals surface area contributed by atoms with Crippen LogP contribution in [0.5, 0.6) is 0 Å². The molecule has 0 N–H and O–H groups in total. The first-order valence-corrected chi connectivity index (χ1v) is 7.71. The first-order chi connectivity index (χ1) is 10.6. The van der Waals surface area contributed by atoms with Gasteiger partial charge in [0.15, 0.2) is 0 Å². The van der Waals surface area contributed by atoms with Crippen LogP contribution >= 0.6 is 0 Å². The zero-order chi connectivity index (χ0) is 15.9. The topological polar surface area (TPSA) is 0 Å². The van der Waals surface area contributed by atoms with Crippen LogP contribution in [-0.2, 0) is 0 Å². The number of aryl methyl sites for hydroxylation is 1. The number of hydrogen-bond donors (Lipinski definition) is 0. The zero-order valence-electron chi connectivity index (χ0n) is 13.8. The smallest absolute Gasteiger partial charge is 0.00882 e. The summed E-state index contributed by atoms with van der Waals surface area (Å²) in [7, 11) is 0. The van der Waals surface area contributed by atoms with Crippen LogP contribution in [0.15, 0.2) is 78.9 Å². The van der Waals surface area contributed by atoms with Gasteiger partial charge in [-0.3, -0.25) is 0 Å². The van der Waals surface area contributed by atoms with Crippen LogP contribution < -0.4 is 0 Å². The van der Waals surface area contributed by atoms with E-state index in [0.717, 1.165) is 12.0 Å². The highest BCUT2D eigenvalue weighted by atomic mass is 14.1. The van der Waals surface area contributed by atoms with Gasteiger partial charge in [0.1, 0.15) is 0 Å². The first-order valence-electron chi connectivity index (χ1n) is 7.71. The van der Waals surface area contributed by atoms with Gasteiger partial charge in [-0.15, -0.1) is 0 Å². The number of hydrogen-bond acceptors (Lipinski definition) is 0. The predicted molar refractivity (Wildman–Crippen MR) is 98.7 cm³/mol. The van der Waals surface area contributed by atoms with Crippen LogP contribution in [0.1, 0.15) is 37.0 Å². The molecular formula is C22H24. The molecule has 2 rings (SSSR count). The van der Waals surface area contributed by atoms with Crippen molar-refractivity contribution < 1.29 is 0 Å². The highest BCUT2D eigenvalue weighted by Crippen LogP contribution is 2.23. The first kappa shape index (κ1) is 16.0. The van der Waals surface area contributed by atoms with Gasteiger partial charge in [0, 0.05) is 0 Å². The fourth-order valence-electron chi connectivity index (χ4n) is 2.42. The van der Waals surface area contributed by atoms with Crippen molar-refractivity contribution in [2.75, 3.05) is 0 Å². The molecule has 0 spiro atoms. The highest BCUT2D eigenvalue weighted by molar-refractivity contribution is 5.77. The molecular weight excluding hydrogens is 264 g/mol. The van der Waals surface area contributed by atoms with Crippen LogP contribution in [0.4, 0.5) is 0 Å². The molecule has 2 aromatic rings. The molecule has 0 nitrogen and oxygen atoms in total. The molecule has 0 fully saturated rings. The Morgan fingerprint density at radius 3 is 2.27 bits per heavy atom. The minimum Gasteiger partial charge on any atom is -0.0949 e. The van der Waals surface area contributed by atoms with E-state index in [9.17, 15) is 0 Å². The fourth-order valence-corrected chi connectivity index (χ4v) is 2.42. The second kappa shape index (κ2) is 7.61. The lowest BCUT2D eigenvalue weighted by Crippen LogP contribution is -1.86. The molecule has 112 valence electrons. The van der Waals surface area contributed by atoms with Gasteiger partial charge in [-0.1, -0.05) is 84.5 Å². The lowest BCUT2D eigenvalue weighted by molar-refractivity contribution is 1.36. The third-order valence-electron chi connectivity index (χ3n) is 3.55. The van der Waals surface area contributed by atoms with Crippen LogP contribution in [0.2, 0.25) is 0 Å². The van der Waals surface area contributed by atoms with Crippen LogP contribution in [0, 0.1) is 6.92 Å². The summed E-state index contributed by atoms with van der Waals surface area (Å²) in [6.45, 7) is 10.6. The monoisotopic (exact) mass is 288 g/mol. The molecule has 0 heterocycles. The molecule has 0 unspecified atom stereocenters. The van der Waals surface area contributed by atoms with E-state index < -0.39 is 0 Å². The third kappa shape index (κ3) is 4.60. The quantitative estimate of drug-likeness (QED) is 0.555. The maximum Gasteiger partial charge on any atom is -0.00882 e. The molecule has 22 heavy (non-hydrogen) atoms. The van der Waals surface area contributed by atoms with Gasteiger partial charge < -0.3 is 0 Å². The van der Waals surface area contributed by atoms with Crippen LogP contribution in [0.25, 0.3) is 11.1 Å². The maximum atomic E-state index is 4.22. The fraction of sp³-hybridized carbons (Fsp3) is 0.182. The Labute approximate surface area is 134 Å². The van der Waals surface area contributed by atoms with Gasteiger partial charge in [-0.2, -0.15) is 0 Å². The average Bonchev–Trinajstić information content (AvgIpc) is 2.51. The summed E-state index contributed by atoms with van der Waals surface area (Å²) < 4.78 is 0. The Kier molecular flexibility index (Phi) is 5.55. The van der Waals surface area contributed by atoms with Crippen LogP contribution in [-0.4, -0.2) is 0 Å². The maximum absolute atomic E-state index is 4.22. The van der Waals surface area contributed by atoms with Crippen molar-refractivity contribution in [2.45, 2.75) is 27.2 Å². The van der Waals surface area contributed by atoms with E-state index in [1.54, 1.807) is 0 Å². The number of allylic oxidation sites excluding steroid dienone is 5. The van der Waals surface area contributed by atoms with Crippen molar-refractivity contribution in [3.63, 3.8) is 0 Å². The summed E-state index contributed by atoms with van der Waals surface area (Å²) in [4.78, 5) is 0. The van der Waals surface area contributed by atoms with Gasteiger partial charge in [0.25, 0.3) is 0 Å². The van der Waals surface area contributed by atoms with E-state index in [1.165, 1.54) is 27.8 Å². The van der Waals surface area contributed by atoms with Crippen molar-refractivity contribution in [1.29, 1.82) is 0 Å². The van der Waals surface area contributed by atoms with E-state index >= 15 is 0 Å². The van der Waals surface area contributed by atoms with Crippen molar-refractivity contribution in [3.8, 4) is 0 Å². The van der Waals surface area contributed by atoms with E-state index in [2.05, 4.69) is 88.0 Å². The Bertz CT molecular complexity index is 696. The standard InChI is InChI=1S/C22H24/c1-17(2)15-22(21-12-8-9-18(3)16-21)14-13-19(4)20-10-6-5-7-11-20/h5-12,14-16H,4,13H2,1-3H3/b22-14+. The van der Waals surface area contributed by atoms with Crippen LogP contribution in [0.3, 0.4) is 0 Å². The molecule has 2 aromatic carbocycles. The Hall–Kier alpha value is -2.34. The molecule has 0 amide bonds. The van der Waals surface area contributed by atoms with E-state index in [4.69, 9.17) is 0 Å². The largest absolute Gasteiger partial charge is 0.0949 e. The van der Waals surface area contributed by atoms with Crippen molar-refractivity contribution in [1.82, 2.24) is 0 Å². The number of benzene rings is 2. The molecule has 0 atom stereocenters. The van der Waals surface area contributed by atoms with Gasteiger partial charge in [0.2, 0.25) is 0 Å². The highest BCUT2D eigenvalue weighted by Gasteiger charge is 2.01. The summed E-state index contributed by atoms with van der Waals surface area (Å²) >= 11 is 0. The third-order valence-corrected chi connectivity index (χ3v) is 3.55. The minimum absolute atomic E-state index is 0.858. The van der Waals surface area contributed by atoms with E-state index in [0.29, 0.717) is 0 Å². The molecule has 0 heteroatoms. The second-order valence-corrected chi connectivity index (χ2v) is 5.92. The summed E-state index contributed by atoms with van der Waals surface area (Å²) in [5, 5.41) is 0. The minimum atomic E-state index is 0.858. The average molecular weight is 288 g/mol. The predicted octanol–water partition coefficient (Wildman–Crippen LogP) is 6.45. The Morgan fingerprint density at radius 2 is 1.64 bits per heavy atom. The second-order valence-electron chi connectivity index (χ2n) is 5.92. The number of rotatable bonds is 5. The summed E-state index contributed by atoms with van der Waals surface area (Å²) in [6.07, 6.45) is 5.38. The lowest BCUT2D eigenvalue weighted by atomic mass is 9.97. The lowest BCUT2D eigenvalue weighted by Gasteiger charge is -2.08. The summed E-state index contributed by atoms with van der Waals surface area (Å²) in [5.74, 6) is 0. The van der Waals surface area contributed by atoms with E-state index in [1.807, 2.05) is 6.07 Å². The van der Waals surface area contributed by atoms with Crippen molar-refractivity contribution in [3.05, 3.63) is 95.6 Å². The van der Waals surface area contributed by atoms with Gasteiger partial charge >= 0.3 is 0 Å². The Balaban J connectivity index is 2.26. The molecule has 0 bridgehead atoms. The molecule has 0 aliphatic carbocycles. The normalized spacial score (nSPS) is 11.1. The summed E-state index contributed by atoms with van der Waals surface area (Å²) in [6, 6.07) is 19.0. The molecule has 0 aliphatic heterocycles.